The molecule has 0 saturated heterocycles. The number of aromatic amines is 1. The maximum atomic E-state index is 11.3. The van der Waals surface area contributed by atoms with Gasteiger partial charge in [0.1, 0.15) is 0 Å². The summed E-state index contributed by atoms with van der Waals surface area (Å²) in [6.07, 6.45) is 0.609. The number of rotatable bonds is 3. The molecule has 2 heterocycles. The van der Waals surface area contributed by atoms with Crippen LogP contribution >= 0.6 is 0 Å². The topological polar surface area (TPSA) is 84.3 Å². The Hall–Kier alpha value is -1.72. The summed E-state index contributed by atoms with van der Waals surface area (Å²) >= 11 is 0. The van der Waals surface area contributed by atoms with Crippen molar-refractivity contribution >= 4 is 5.97 Å². The van der Waals surface area contributed by atoms with Crippen LogP contribution in [0.25, 0.3) is 0 Å². The summed E-state index contributed by atoms with van der Waals surface area (Å²) in [5.41, 5.74) is 0.469. The van der Waals surface area contributed by atoms with Crippen molar-refractivity contribution in [1.82, 2.24) is 9.55 Å². The number of fused-ring (bicyclic) bond motifs is 1. The number of nitrogens with one attached hydrogen (secondary N) is 1. The van der Waals surface area contributed by atoms with E-state index in [4.69, 9.17) is 9.84 Å². The Balaban J connectivity index is 2.24. The number of nitrogens with zero attached hydrogens (tertiary/aromatic N) is 1. The average molecular weight is 198 g/mol. The van der Waals surface area contributed by atoms with Crippen LogP contribution in [0, 0.1) is 0 Å². The number of hydrogen-bond acceptors (Lipinski definition) is 3. The SMILES string of the molecule is O=C(O)CCn1c2c([nH]c1=O)CCO2. The van der Waals surface area contributed by atoms with Gasteiger partial charge in [-0.05, 0) is 0 Å². The van der Waals surface area contributed by atoms with E-state index in [9.17, 15) is 9.59 Å². The molecule has 0 fully saturated rings. The third-order valence-electron chi connectivity index (χ3n) is 2.15. The lowest BCUT2D eigenvalue weighted by molar-refractivity contribution is -0.137. The van der Waals surface area contributed by atoms with Crippen LogP contribution in [0.3, 0.4) is 0 Å². The number of aliphatic carboxylic acids is 1. The number of carboxylic acids is 1. The summed E-state index contributed by atoms with van der Waals surface area (Å²) in [5.74, 6) is -0.430. The van der Waals surface area contributed by atoms with Gasteiger partial charge in [-0.25, -0.2) is 4.79 Å². The highest BCUT2D eigenvalue weighted by atomic mass is 16.5. The van der Waals surface area contributed by atoms with Crippen LogP contribution < -0.4 is 10.4 Å². The van der Waals surface area contributed by atoms with Crippen LogP contribution in [0.5, 0.6) is 5.88 Å². The van der Waals surface area contributed by atoms with Gasteiger partial charge in [0.15, 0.2) is 0 Å². The van der Waals surface area contributed by atoms with Crippen LogP contribution in [0.15, 0.2) is 4.79 Å². The highest BCUT2D eigenvalue weighted by Crippen LogP contribution is 2.21. The zero-order valence-electron chi connectivity index (χ0n) is 7.45. The second kappa shape index (κ2) is 3.21. The van der Waals surface area contributed by atoms with E-state index in [0.29, 0.717) is 18.9 Å². The fraction of sp³-hybridized carbons (Fsp3) is 0.500. The molecular formula is C8H10N2O4. The van der Waals surface area contributed by atoms with Crippen molar-refractivity contribution in [3.05, 3.63) is 16.2 Å². The summed E-state index contributed by atoms with van der Waals surface area (Å²) in [5, 5.41) is 8.49. The molecule has 0 saturated carbocycles. The zero-order valence-corrected chi connectivity index (χ0v) is 7.45. The Labute approximate surface area is 79.1 Å². The number of ether oxygens (including phenoxy) is 1. The van der Waals surface area contributed by atoms with Crippen LogP contribution in [0.4, 0.5) is 0 Å². The van der Waals surface area contributed by atoms with Crippen LogP contribution in [0.2, 0.25) is 0 Å². The Morgan fingerprint density at radius 1 is 1.64 bits per heavy atom. The molecule has 6 nitrogen and oxygen atoms in total. The van der Waals surface area contributed by atoms with Crippen molar-refractivity contribution in [2.45, 2.75) is 19.4 Å². The lowest BCUT2D eigenvalue weighted by atomic mass is 10.4. The molecule has 0 unspecified atom stereocenters. The summed E-state index contributed by atoms with van der Waals surface area (Å²) in [7, 11) is 0. The highest BCUT2D eigenvalue weighted by molar-refractivity contribution is 5.66. The summed E-state index contributed by atoms with van der Waals surface area (Å²) < 4.78 is 6.55. The van der Waals surface area contributed by atoms with Gasteiger partial charge in [-0.3, -0.25) is 9.36 Å². The Morgan fingerprint density at radius 3 is 3.14 bits per heavy atom. The normalized spacial score (nSPS) is 13.7. The molecule has 2 rings (SSSR count). The smallest absolute Gasteiger partial charge is 0.328 e. The molecule has 0 atom stereocenters. The van der Waals surface area contributed by atoms with Crippen molar-refractivity contribution in [3.8, 4) is 5.88 Å². The largest absolute Gasteiger partial charge is 0.481 e. The van der Waals surface area contributed by atoms with Gasteiger partial charge in [-0.2, -0.15) is 0 Å². The summed E-state index contributed by atoms with van der Waals surface area (Å²) in [6, 6.07) is 0. The van der Waals surface area contributed by atoms with Gasteiger partial charge >= 0.3 is 11.7 Å². The quantitative estimate of drug-likeness (QED) is 0.691. The number of hydrogen-bond donors (Lipinski definition) is 2. The van der Waals surface area contributed by atoms with Crippen molar-refractivity contribution < 1.29 is 14.6 Å². The van der Waals surface area contributed by atoms with Crippen LogP contribution in [-0.4, -0.2) is 27.2 Å². The third kappa shape index (κ3) is 1.39. The lowest BCUT2D eigenvalue weighted by Gasteiger charge is -2.02. The fourth-order valence-electron chi connectivity index (χ4n) is 1.50. The summed E-state index contributed by atoms with van der Waals surface area (Å²) in [6.45, 7) is 0.703. The Bertz CT molecular complexity index is 417. The molecule has 6 heteroatoms. The average Bonchev–Trinajstić information content (AvgIpc) is 2.61. The minimum Gasteiger partial charge on any atom is -0.481 e. The number of aromatic nitrogens is 2. The fourth-order valence-corrected chi connectivity index (χ4v) is 1.50. The number of carbonyl (C=O) groups is 1. The van der Waals surface area contributed by atoms with Gasteiger partial charge in [0.05, 0.1) is 18.7 Å². The monoisotopic (exact) mass is 198 g/mol. The van der Waals surface area contributed by atoms with E-state index in [1.165, 1.54) is 4.57 Å². The van der Waals surface area contributed by atoms with Crippen molar-refractivity contribution in [3.63, 3.8) is 0 Å². The van der Waals surface area contributed by atoms with Crippen molar-refractivity contribution in [2.75, 3.05) is 6.61 Å². The molecule has 2 N–H and O–H groups in total. The molecule has 76 valence electrons. The first-order valence-corrected chi connectivity index (χ1v) is 4.35. The minimum absolute atomic E-state index is 0.0758. The van der Waals surface area contributed by atoms with Crippen molar-refractivity contribution in [2.24, 2.45) is 0 Å². The summed E-state index contributed by atoms with van der Waals surface area (Å²) in [4.78, 5) is 24.3. The van der Waals surface area contributed by atoms with Gasteiger partial charge < -0.3 is 14.8 Å². The number of H-pyrrole nitrogens is 1. The second-order valence-corrected chi connectivity index (χ2v) is 3.11. The zero-order chi connectivity index (χ0) is 10.1. The molecule has 1 aliphatic heterocycles. The molecule has 1 aromatic rings. The first-order chi connectivity index (χ1) is 6.68. The predicted molar refractivity (Wildman–Crippen MR) is 46.5 cm³/mol. The molecule has 1 aromatic heterocycles. The molecule has 0 bridgehead atoms. The molecule has 1 aliphatic rings. The molecule has 0 aromatic carbocycles. The van der Waals surface area contributed by atoms with Crippen LogP contribution in [0.1, 0.15) is 12.1 Å². The van der Waals surface area contributed by atoms with E-state index in [2.05, 4.69) is 4.98 Å². The van der Waals surface area contributed by atoms with E-state index in [0.717, 1.165) is 5.69 Å². The van der Waals surface area contributed by atoms with Gasteiger partial charge in [-0.1, -0.05) is 0 Å². The van der Waals surface area contributed by atoms with Gasteiger partial charge in [0.25, 0.3) is 0 Å². The standard InChI is InChI=1S/C8H10N2O4/c11-6(12)1-3-10-7-5(2-4-14-7)9-8(10)13/h1-4H2,(H,9,13)(H,11,12). The maximum Gasteiger partial charge on any atom is 0.328 e. The van der Waals surface area contributed by atoms with E-state index < -0.39 is 5.97 Å². The van der Waals surface area contributed by atoms with Gasteiger partial charge in [0, 0.05) is 13.0 Å². The first kappa shape index (κ1) is 8.86. The lowest BCUT2D eigenvalue weighted by Crippen LogP contribution is -2.20. The van der Waals surface area contributed by atoms with Gasteiger partial charge in [0.2, 0.25) is 5.88 Å². The Morgan fingerprint density at radius 2 is 2.43 bits per heavy atom. The molecule has 0 spiro atoms. The van der Waals surface area contributed by atoms with E-state index >= 15 is 0 Å². The second-order valence-electron chi connectivity index (χ2n) is 3.11. The van der Waals surface area contributed by atoms with Crippen molar-refractivity contribution in [1.29, 1.82) is 0 Å². The van der Waals surface area contributed by atoms with E-state index in [-0.39, 0.29) is 18.7 Å². The Kier molecular flexibility index (Phi) is 2.03. The maximum absolute atomic E-state index is 11.3. The highest BCUT2D eigenvalue weighted by Gasteiger charge is 2.20. The molecule has 14 heavy (non-hydrogen) atoms. The molecule has 0 aliphatic carbocycles. The number of carboxylic acid groups (broad SMARTS) is 1. The molecule has 0 amide bonds. The van der Waals surface area contributed by atoms with E-state index in [1.54, 1.807) is 0 Å². The number of imidazole rings is 1. The predicted octanol–water partition coefficient (Wildman–Crippen LogP) is -0.414. The third-order valence-corrected chi connectivity index (χ3v) is 2.15. The van der Waals surface area contributed by atoms with Gasteiger partial charge in [-0.15, -0.1) is 0 Å². The molecular weight excluding hydrogens is 188 g/mol. The minimum atomic E-state index is -0.926. The first-order valence-electron chi connectivity index (χ1n) is 4.35. The van der Waals surface area contributed by atoms with Crippen LogP contribution in [-0.2, 0) is 17.8 Å². The molecule has 0 radical (unpaired) electrons. The van der Waals surface area contributed by atoms with E-state index in [1.807, 2.05) is 0 Å².